The number of amides is 7. The molecule has 0 aliphatic rings. The minimum absolute atomic E-state index is 0.0141. The number of pyridine rings is 1. The SMILES string of the molecule is CCCCCCNC(=O)CCC(=O)N[C@@H](CCCCNC(=O)CCCCCNC(=O)CCCCCNC(=O)c1ccc(NN=C(C)C)nc1)C(=O)NCCCOCCOCCOCCCNC(=O)CCCN=[N+]=[N-]. The van der Waals surface area contributed by atoms with Crippen LogP contribution in [0, 0.1) is 0 Å². The van der Waals surface area contributed by atoms with Crippen LogP contribution in [0.2, 0.25) is 0 Å². The van der Waals surface area contributed by atoms with Gasteiger partial charge in [0.2, 0.25) is 35.4 Å². The van der Waals surface area contributed by atoms with Crippen molar-refractivity contribution in [3.63, 3.8) is 0 Å². The van der Waals surface area contributed by atoms with Gasteiger partial charge in [-0.15, -0.1) is 0 Å². The zero-order chi connectivity index (χ0) is 54.1. The third-order valence-electron chi connectivity index (χ3n) is 11.0. The highest BCUT2D eigenvalue weighted by Gasteiger charge is 2.21. The van der Waals surface area contributed by atoms with Gasteiger partial charge in [0.1, 0.15) is 11.9 Å². The minimum Gasteiger partial charge on any atom is -0.379 e. The lowest BCUT2D eigenvalue weighted by Gasteiger charge is -2.19. The Bertz CT molecular complexity index is 1800. The Balaban J connectivity index is 2.24. The molecule has 0 aliphatic heterocycles. The number of nitrogens with one attached hydrogen (secondary N) is 8. The monoisotopic (exact) mass is 1040 g/mol. The molecule has 1 aromatic rings. The molecule has 0 radical (unpaired) electrons. The molecule has 1 heterocycles. The number of hydrazone groups is 1. The molecule has 418 valence electrons. The number of hydrogen-bond donors (Lipinski definition) is 8. The molecule has 23 nitrogen and oxygen atoms in total. The van der Waals surface area contributed by atoms with E-state index in [0.29, 0.717) is 161 Å². The van der Waals surface area contributed by atoms with Gasteiger partial charge < -0.3 is 51.4 Å². The van der Waals surface area contributed by atoms with E-state index in [9.17, 15) is 33.6 Å². The summed E-state index contributed by atoms with van der Waals surface area (Å²) in [7, 11) is 0. The van der Waals surface area contributed by atoms with Crippen LogP contribution in [0.4, 0.5) is 5.82 Å². The number of ether oxygens (including phenoxy) is 3. The summed E-state index contributed by atoms with van der Waals surface area (Å²) in [5.41, 5.74) is 12.4. The molecule has 0 spiro atoms. The van der Waals surface area contributed by atoms with E-state index >= 15 is 0 Å². The van der Waals surface area contributed by atoms with Crippen LogP contribution in [0.1, 0.15) is 166 Å². The minimum atomic E-state index is -0.797. The molecule has 74 heavy (non-hydrogen) atoms. The van der Waals surface area contributed by atoms with E-state index in [0.717, 1.165) is 63.5 Å². The van der Waals surface area contributed by atoms with E-state index in [1.54, 1.807) is 12.1 Å². The van der Waals surface area contributed by atoms with Gasteiger partial charge >= 0.3 is 0 Å². The van der Waals surface area contributed by atoms with Gasteiger partial charge in [0, 0.05) is 108 Å². The smallest absolute Gasteiger partial charge is 0.252 e. The molecule has 0 aliphatic carbocycles. The van der Waals surface area contributed by atoms with Gasteiger partial charge in [0.05, 0.1) is 32.0 Å². The molecule has 1 rings (SSSR count). The van der Waals surface area contributed by atoms with Gasteiger partial charge in [-0.25, -0.2) is 4.98 Å². The molecule has 0 fully saturated rings. The van der Waals surface area contributed by atoms with Crippen molar-refractivity contribution in [2.24, 2.45) is 10.2 Å². The summed E-state index contributed by atoms with van der Waals surface area (Å²) in [4.78, 5) is 94.0. The van der Waals surface area contributed by atoms with E-state index in [1.807, 2.05) is 13.8 Å². The largest absolute Gasteiger partial charge is 0.379 e. The van der Waals surface area contributed by atoms with Crippen molar-refractivity contribution in [2.45, 2.75) is 162 Å². The predicted octanol–water partition coefficient (Wildman–Crippen LogP) is 5.26. The molecular formula is C51H89N13O10. The Morgan fingerprint density at radius 2 is 1.04 bits per heavy atom. The zero-order valence-electron chi connectivity index (χ0n) is 44.7. The number of unbranched alkanes of at least 4 members (excludes halogenated alkanes) is 8. The van der Waals surface area contributed by atoms with Crippen LogP contribution < -0.4 is 42.6 Å². The van der Waals surface area contributed by atoms with Crippen LogP contribution in [-0.4, -0.2) is 144 Å². The lowest BCUT2D eigenvalue weighted by atomic mass is 10.1. The van der Waals surface area contributed by atoms with E-state index < -0.39 is 6.04 Å². The summed E-state index contributed by atoms with van der Waals surface area (Å²) in [5, 5.41) is 27.6. The van der Waals surface area contributed by atoms with Crippen molar-refractivity contribution in [3.05, 3.63) is 34.3 Å². The van der Waals surface area contributed by atoms with Gasteiger partial charge in [-0.05, 0) is 102 Å². The number of aromatic nitrogens is 1. The molecule has 1 atom stereocenters. The maximum Gasteiger partial charge on any atom is 0.252 e. The van der Waals surface area contributed by atoms with Gasteiger partial charge in [-0.1, -0.05) is 44.1 Å². The van der Waals surface area contributed by atoms with Crippen molar-refractivity contribution in [2.75, 3.05) is 90.9 Å². The molecule has 1 aromatic heterocycles. The summed E-state index contributed by atoms with van der Waals surface area (Å²) in [6.07, 6.45) is 14.5. The van der Waals surface area contributed by atoms with E-state index in [4.69, 9.17) is 19.7 Å². The van der Waals surface area contributed by atoms with Crippen molar-refractivity contribution >= 4 is 52.9 Å². The van der Waals surface area contributed by atoms with Crippen LogP contribution >= 0.6 is 0 Å². The standard InChI is InChI=1S/C51H89N13O10/c1-4-5-6-12-27-55-48(68)25-26-49(69)61-43(51(71)58-32-18-35-73-37-39-74-38-36-72-34-17-31-56-47(67)22-16-33-60-64-52)19-11-15-29-54-46(66)20-9-7-13-28-53-45(65)21-10-8-14-30-57-50(70)42-23-24-44(59-40-42)63-62-41(2)3/h23-24,40,43H,4-22,25-39H2,1-3H3,(H,53,65)(H,54,66)(H,55,68)(H,56,67)(H,57,70)(H,58,71)(H,59,63)(H,61,69)/t43-/m0/s1. The first kappa shape index (κ1) is 66.1. The molecule has 0 saturated carbocycles. The molecule has 0 aromatic carbocycles. The lowest BCUT2D eigenvalue weighted by Crippen LogP contribution is -2.47. The van der Waals surface area contributed by atoms with Crippen LogP contribution in [-0.2, 0) is 43.0 Å². The second kappa shape index (κ2) is 46.9. The van der Waals surface area contributed by atoms with Crippen LogP contribution in [0.25, 0.3) is 10.4 Å². The normalized spacial score (nSPS) is 11.1. The fourth-order valence-electron chi connectivity index (χ4n) is 6.87. The van der Waals surface area contributed by atoms with E-state index in [-0.39, 0.29) is 54.2 Å². The zero-order valence-corrected chi connectivity index (χ0v) is 44.7. The van der Waals surface area contributed by atoms with Crippen molar-refractivity contribution in [1.82, 2.24) is 42.2 Å². The van der Waals surface area contributed by atoms with Crippen LogP contribution in [0.3, 0.4) is 0 Å². The maximum atomic E-state index is 13.2. The fraction of sp³-hybridized carbons (Fsp3) is 0.745. The fourth-order valence-corrected chi connectivity index (χ4v) is 6.87. The third kappa shape index (κ3) is 40.6. The van der Waals surface area contributed by atoms with Gasteiger partial charge in [0.15, 0.2) is 0 Å². The Morgan fingerprint density at radius 3 is 1.58 bits per heavy atom. The first-order valence-electron chi connectivity index (χ1n) is 26.8. The molecule has 0 saturated heterocycles. The average Bonchev–Trinajstić information content (AvgIpc) is 3.38. The van der Waals surface area contributed by atoms with Crippen molar-refractivity contribution < 1.29 is 47.8 Å². The van der Waals surface area contributed by atoms with Crippen LogP contribution in [0.15, 0.2) is 28.5 Å². The van der Waals surface area contributed by atoms with Gasteiger partial charge in [0.25, 0.3) is 5.91 Å². The molecule has 0 bridgehead atoms. The first-order valence-corrected chi connectivity index (χ1v) is 26.8. The highest BCUT2D eigenvalue weighted by Crippen LogP contribution is 2.08. The summed E-state index contributed by atoms with van der Waals surface area (Å²) in [5.74, 6) is -0.720. The predicted molar refractivity (Wildman–Crippen MR) is 285 cm³/mol. The summed E-state index contributed by atoms with van der Waals surface area (Å²) < 4.78 is 16.7. The molecule has 7 amide bonds. The Morgan fingerprint density at radius 1 is 0.554 bits per heavy atom. The topological polar surface area (TPSA) is 317 Å². The molecular weight excluding hydrogens is 955 g/mol. The number of carbonyl (C=O) groups is 7. The summed E-state index contributed by atoms with van der Waals surface area (Å²) >= 11 is 0. The number of hydrogen-bond acceptors (Lipinski definition) is 14. The molecule has 8 N–H and O–H groups in total. The summed E-state index contributed by atoms with van der Waals surface area (Å²) in [6.45, 7) is 11.5. The first-order chi connectivity index (χ1) is 35.9. The average molecular weight is 1040 g/mol. The number of nitrogens with zero attached hydrogens (tertiary/aromatic N) is 5. The van der Waals surface area contributed by atoms with Gasteiger partial charge in [-0.2, -0.15) is 5.10 Å². The number of anilines is 1. The van der Waals surface area contributed by atoms with E-state index in [2.05, 4.69) is 69.7 Å². The molecule has 0 unspecified atom stereocenters. The second-order valence-electron chi connectivity index (χ2n) is 17.9. The highest BCUT2D eigenvalue weighted by atomic mass is 16.5. The molecule has 23 heteroatoms. The Labute approximate surface area is 438 Å². The Kier molecular flexibility index (Phi) is 41.9. The third-order valence-corrected chi connectivity index (χ3v) is 11.0. The Hall–Kier alpha value is -5.90. The van der Waals surface area contributed by atoms with Crippen LogP contribution in [0.5, 0.6) is 0 Å². The maximum absolute atomic E-state index is 13.2. The number of azide groups is 1. The second-order valence-corrected chi connectivity index (χ2v) is 17.9. The van der Waals surface area contributed by atoms with E-state index in [1.165, 1.54) is 6.20 Å². The van der Waals surface area contributed by atoms with Gasteiger partial charge in [-0.3, -0.25) is 39.0 Å². The van der Waals surface area contributed by atoms with Crippen molar-refractivity contribution in [3.8, 4) is 0 Å². The number of carbonyl (C=O) groups excluding carboxylic acids is 7. The quantitative estimate of drug-likeness (QED) is 0.0104. The highest BCUT2D eigenvalue weighted by molar-refractivity contribution is 5.94. The lowest BCUT2D eigenvalue weighted by molar-refractivity contribution is -0.130. The van der Waals surface area contributed by atoms with Crippen molar-refractivity contribution in [1.29, 1.82) is 0 Å². The summed E-state index contributed by atoms with van der Waals surface area (Å²) in [6, 6.07) is 2.58. The number of rotatable bonds is 48.